The molecule has 5 aliphatic rings. The van der Waals surface area contributed by atoms with Gasteiger partial charge in [-0.2, -0.15) is 13.2 Å². The van der Waals surface area contributed by atoms with Gasteiger partial charge in [-0.3, -0.25) is 9.59 Å². The maximum atomic E-state index is 13.5. The number of para-hydroxylation sites is 1. The molecule has 6 heteroatoms. The van der Waals surface area contributed by atoms with E-state index in [-0.39, 0.29) is 34.1 Å². The fraction of sp³-hybridized carbons (Fsp3) is 0.655. The lowest BCUT2D eigenvalue weighted by atomic mass is 9.47. The Morgan fingerprint density at radius 1 is 1.03 bits per heavy atom. The third-order valence-corrected chi connectivity index (χ3v) is 11.1. The molecular weight excluding hydrogens is 451 g/mol. The monoisotopic (exact) mass is 485 g/mol. The highest BCUT2D eigenvalue weighted by Gasteiger charge is 2.70. The summed E-state index contributed by atoms with van der Waals surface area (Å²) in [4.78, 5) is 25.8. The molecule has 1 N–H and O–H groups in total. The van der Waals surface area contributed by atoms with Crippen molar-refractivity contribution in [2.24, 2.45) is 52.3 Å². The van der Waals surface area contributed by atoms with Gasteiger partial charge < -0.3 is 5.32 Å². The fourth-order valence-electron chi connectivity index (χ4n) is 9.35. The Bertz CT molecular complexity index is 1130. The Kier molecular flexibility index (Phi) is 4.96. The summed E-state index contributed by atoms with van der Waals surface area (Å²) < 4.78 is 40.5. The van der Waals surface area contributed by atoms with E-state index >= 15 is 0 Å². The van der Waals surface area contributed by atoms with E-state index in [1.165, 1.54) is 23.8 Å². The number of hydrogen-bond donors (Lipinski definition) is 1. The van der Waals surface area contributed by atoms with E-state index < -0.39 is 11.7 Å². The van der Waals surface area contributed by atoms with E-state index in [1.807, 2.05) is 6.08 Å². The number of benzene rings is 1. The minimum absolute atomic E-state index is 0.0673. The molecule has 0 spiro atoms. The number of amides is 1. The van der Waals surface area contributed by atoms with Gasteiger partial charge in [-0.05, 0) is 96.7 Å². The molecule has 35 heavy (non-hydrogen) atoms. The van der Waals surface area contributed by atoms with Gasteiger partial charge in [0.1, 0.15) is 0 Å². The number of rotatable bonds is 2. The van der Waals surface area contributed by atoms with E-state index in [9.17, 15) is 22.8 Å². The maximum Gasteiger partial charge on any atom is 0.418 e. The second-order valence-corrected chi connectivity index (χ2v) is 12.4. The molecule has 4 fully saturated rings. The summed E-state index contributed by atoms with van der Waals surface area (Å²) in [7, 11) is 0. The molecule has 188 valence electrons. The topological polar surface area (TPSA) is 46.2 Å². The van der Waals surface area contributed by atoms with Crippen LogP contribution >= 0.6 is 0 Å². The summed E-state index contributed by atoms with van der Waals surface area (Å²) >= 11 is 0. The molecule has 5 aliphatic carbocycles. The molecule has 1 aromatic rings. The van der Waals surface area contributed by atoms with Crippen LogP contribution in [0, 0.1) is 52.3 Å². The minimum Gasteiger partial charge on any atom is -0.325 e. The summed E-state index contributed by atoms with van der Waals surface area (Å²) in [5, 5.41) is 2.67. The summed E-state index contributed by atoms with van der Waals surface area (Å²) in [5.74, 6) is 2.81. The predicted octanol–water partition coefficient (Wildman–Crippen LogP) is 6.89. The van der Waals surface area contributed by atoms with Gasteiger partial charge in [0.25, 0.3) is 0 Å². The standard InChI is InChI=1S/C29H34F3NO2/c1-15-23-21-14-16(34)10-12-28(21,3)19-11-13-27(2)18(25(19)24(15)23)8-9-20(27)26(35)33-22-7-5-4-6-17(22)29(30,31)32/h4-7,14-15,18-20,23-25H,8-13H2,1-3H3,(H,33,35)/t15-,18?,19?,20+,23-,24-,25?,27-,28+/m0/s1. The highest BCUT2D eigenvalue weighted by atomic mass is 19.4. The lowest BCUT2D eigenvalue weighted by molar-refractivity contribution is -0.137. The van der Waals surface area contributed by atoms with Crippen LogP contribution in [0.3, 0.4) is 0 Å². The first-order valence-corrected chi connectivity index (χ1v) is 13.2. The van der Waals surface area contributed by atoms with Crippen LogP contribution in [-0.2, 0) is 15.8 Å². The number of ketones is 1. The van der Waals surface area contributed by atoms with Crippen LogP contribution in [0.5, 0.6) is 0 Å². The zero-order chi connectivity index (χ0) is 24.9. The van der Waals surface area contributed by atoms with E-state index in [4.69, 9.17) is 0 Å². The zero-order valence-corrected chi connectivity index (χ0v) is 20.6. The number of halogens is 3. The SMILES string of the molecule is C[C@H]1[C@H]2C3=CC(=O)CC[C@]3(C)C3CC[C@@]4(C)C(CC[C@@H]4C(=O)Nc4ccccc4C(F)(F)F)C3[C@@H]12. The third kappa shape index (κ3) is 3.23. The number of nitrogens with one attached hydrogen (secondary N) is 1. The number of alkyl halides is 3. The van der Waals surface area contributed by atoms with E-state index in [2.05, 4.69) is 26.1 Å². The van der Waals surface area contributed by atoms with Crippen molar-refractivity contribution in [3.63, 3.8) is 0 Å². The van der Waals surface area contributed by atoms with Crippen LogP contribution in [0.2, 0.25) is 0 Å². The molecule has 6 rings (SSSR count). The highest BCUT2D eigenvalue weighted by Crippen LogP contribution is 2.76. The van der Waals surface area contributed by atoms with Crippen LogP contribution in [0.25, 0.3) is 0 Å². The van der Waals surface area contributed by atoms with E-state index in [1.54, 1.807) is 0 Å². The lowest BCUT2D eigenvalue weighted by Crippen LogP contribution is -2.52. The maximum absolute atomic E-state index is 13.5. The third-order valence-electron chi connectivity index (χ3n) is 11.1. The van der Waals surface area contributed by atoms with Crippen LogP contribution in [0.4, 0.5) is 18.9 Å². The van der Waals surface area contributed by atoms with Crippen molar-refractivity contribution in [2.75, 3.05) is 5.32 Å². The molecular formula is C29H34F3NO2. The van der Waals surface area contributed by atoms with Gasteiger partial charge in [-0.25, -0.2) is 0 Å². The predicted molar refractivity (Wildman–Crippen MR) is 127 cm³/mol. The Morgan fingerprint density at radius 2 is 1.77 bits per heavy atom. The minimum atomic E-state index is -4.51. The van der Waals surface area contributed by atoms with Crippen LogP contribution in [-0.4, -0.2) is 11.7 Å². The molecule has 0 saturated heterocycles. The first-order chi connectivity index (χ1) is 16.5. The van der Waals surface area contributed by atoms with Gasteiger partial charge in [0.2, 0.25) is 5.91 Å². The molecule has 1 amide bonds. The number of hydrogen-bond acceptors (Lipinski definition) is 2. The van der Waals surface area contributed by atoms with E-state index in [0.717, 1.165) is 38.2 Å². The first kappa shape index (κ1) is 23.3. The molecule has 0 aliphatic heterocycles. The van der Waals surface area contributed by atoms with Gasteiger partial charge in [-0.15, -0.1) is 0 Å². The number of fused-ring (bicyclic) bond motifs is 8. The molecule has 3 unspecified atom stereocenters. The van der Waals surface area contributed by atoms with Gasteiger partial charge in [0.05, 0.1) is 11.3 Å². The molecule has 0 heterocycles. The van der Waals surface area contributed by atoms with Gasteiger partial charge >= 0.3 is 6.18 Å². The summed E-state index contributed by atoms with van der Waals surface area (Å²) in [5.41, 5.74) is 0.323. The van der Waals surface area contributed by atoms with Gasteiger partial charge in [0.15, 0.2) is 5.78 Å². The van der Waals surface area contributed by atoms with Crippen molar-refractivity contribution in [3.8, 4) is 0 Å². The van der Waals surface area contributed by atoms with Crippen LogP contribution in [0.1, 0.15) is 64.9 Å². The van der Waals surface area contributed by atoms with Crippen molar-refractivity contribution >= 4 is 17.4 Å². The number of allylic oxidation sites excluding steroid dienone is 1. The second kappa shape index (κ2) is 7.45. The average molecular weight is 486 g/mol. The van der Waals surface area contributed by atoms with Gasteiger partial charge in [0, 0.05) is 12.3 Å². The average Bonchev–Trinajstić information content (AvgIpc) is 3.31. The van der Waals surface area contributed by atoms with Crippen LogP contribution < -0.4 is 5.32 Å². The smallest absolute Gasteiger partial charge is 0.325 e. The highest BCUT2D eigenvalue weighted by molar-refractivity contribution is 5.94. The summed E-state index contributed by atoms with van der Waals surface area (Å²) in [6, 6.07) is 5.26. The Labute approximate surface area is 204 Å². The fourth-order valence-corrected chi connectivity index (χ4v) is 9.35. The number of anilines is 1. The van der Waals surface area contributed by atoms with Crippen molar-refractivity contribution in [3.05, 3.63) is 41.5 Å². The van der Waals surface area contributed by atoms with Crippen molar-refractivity contribution in [1.29, 1.82) is 0 Å². The number of carbonyl (C=O) groups excluding carboxylic acids is 2. The van der Waals surface area contributed by atoms with Crippen molar-refractivity contribution in [2.45, 2.75) is 65.5 Å². The quantitative estimate of drug-likeness (QED) is 0.496. The normalized spacial score (nSPS) is 43.9. The van der Waals surface area contributed by atoms with E-state index in [0.29, 0.717) is 41.9 Å². The second-order valence-electron chi connectivity index (χ2n) is 12.4. The molecule has 0 bridgehead atoms. The Morgan fingerprint density at radius 3 is 2.51 bits per heavy atom. The molecule has 9 atom stereocenters. The molecule has 1 aromatic carbocycles. The largest absolute Gasteiger partial charge is 0.418 e. The molecule has 3 nitrogen and oxygen atoms in total. The number of carbonyl (C=O) groups is 2. The molecule has 0 aromatic heterocycles. The first-order valence-electron chi connectivity index (χ1n) is 13.2. The van der Waals surface area contributed by atoms with Crippen LogP contribution in [0.15, 0.2) is 35.9 Å². The summed E-state index contributed by atoms with van der Waals surface area (Å²) in [6.45, 7) is 6.91. The van der Waals surface area contributed by atoms with Gasteiger partial charge in [-0.1, -0.05) is 38.5 Å². The molecule has 4 saturated carbocycles. The van der Waals surface area contributed by atoms with Crippen molar-refractivity contribution < 1.29 is 22.8 Å². The molecule has 0 radical (unpaired) electrons. The lowest BCUT2D eigenvalue weighted by Gasteiger charge is -2.57. The Balaban J connectivity index is 1.29. The summed E-state index contributed by atoms with van der Waals surface area (Å²) in [6.07, 6.45) is 2.65. The van der Waals surface area contributed by atoms with Crippen molar-refractivity contribution in [1.82, 2.24) is 0 Å². The zero-order valence-electron chi connectivity index (χ0n) is 20.6. The Hall–Kier alpha value is -2.11.